The Bertz CT molecular complexity index is 582. The lowest BCUT2D eigenvalue weighted by molar-refractivity contribution is 1.38. The molecule has 0 amide bonds. The molecule has 2 aromatic carbocycles. The summed E-state index contributed by atoms with van der Waals surface area (Å²) < 4.78 is 0. The summed E-state index contributed by atoms with van der Waals surface area (Å²) in [5.41, 5.74) is 1.92. The highest BCUT2D eigenvalue weighted by molar-refractivity contribution is 6.42. The van der Waals surface area contributed by atoms with Gasteiger partial charge >= 0.3 is 0 Å². The SMILES string of the molecule is Clc1ccc(NCC#Cc2ccccc2)cc1Cl. The van der Waals surface area contributed by atoms with Crippen LogP contribution < -0.4 is 5.32 Å². The predicted octanol–water partition coefficient (Wildman–Crippen LogP) is 4.46. The lowest BCUT2D eigenvalue weighted by Crippen LogP contribution is -1.98. The van der Waals surface area contributed by atoms with Crippen molar-refractivity contribution in [3.63, 3.8) is 0 Å². The van der Waals surface area contributed by atoms with Crippen LogP contribution in [0.3, 0.4) is 0 Å². The Morgan fingerprint density at radius 3 is 2.44 bits per heavy atom. The minimum atomic E-state index is 0.540. The lowest BCUT2D eigenvalue weighted by Gasteiger charge is -2.03. The van der Waals surface area contributed by atoms with Crippen LogP contribution in [0.25, 0.3) is 0 Å². The van der Waals surface area contributed by atoms with Crippen LogP contribution in [-0.2, 0) is 0 Å². The van der Waals surface area contributed by atoms with Gasteiger partial charge in [-0.05, 0) is 30.3 Å². The van der Waals surface area contributed by atoms with Crippen molar-refractivity contribution in [3.05, 3.63) is 64.1 Å². The molecular formula is C15H11Cl2N. The van der Waals surface area contributed by atoms with E-state index in [9.17, 15) is 0 Å². The number of benzene rings is 2. The first-order chi connectivity index (χ1) is 8.75. The van der Waals surface area contributed by atoms with Crippen molar-refractivity contribution in [2.75, 3.05) is 11.9 Å². The second-order valence-corrected chi connectivity index (χ2v) is 4.46. The second-order valence-electron chi connectivity index (χ2n) is 3.65. The van der Waals surface area contributed by atoms with Gasteiger partial charge in [-0.2, -0.15) is 0 Å². The average Bonchev–Trinajstić information content (AvgIpc) is 2.40. The largest absolute Gasteiger partial charge is 0.374 e. The molecule has 0 saturated carbocycles. The molecule has 18 heavy (non-hydrogen) atoms. The molecule has 0 atom stereocenters. The van der Waals surface area contributed by atoms with Gasteiger partial charge in [-0.15, -0.1) is 0 Å². The topological polar surface area (TPSA) is 12.0 Å². The molecule has 0 spiro atoms. The van der Waals surface area contributed by atoms with Gasteiger partial charge in [0.15, 0.2) is 0 Å². The number of hydrogen-bond donors (Lipinski definition) is 1. The molecule has 0 unspecified atom stereocenters. The highest BCUT2D eigenvalue weighted by Gasteiger charge is 1.97. The van der Waals surface area contributed by atoms with Crippen LogP contribution in [0.5, 0.6) is 0 Å². The van der Waals surface area contributed by atoms with Crippen molar-refractivity contribution >= 4 is 28.9 Å². The Kier molecular flexibility index (Phi) is 4.52. The number of nitrogens with one attached hydrogen (secondary N) is 1. The van der Waals surface area contributed by atoms with Gasteiger partial charge in [-0.25, -0.2) is 0 Å². The van der Waals surface area contributed by atoms with Gasteiger partial charge in [-0.3, -0.25) is 0 Å². The summed E-state index contributed by atoms with van der Waals surface area (Å²) in [6, 6.07) is 15.3. The minimum absolute atomic E-state index is 0.540. The highest BCUT2D eigenvalue weighted by atomic mass is 35.5. The molecule has 90 valence electrons. The van der Waals surface area contributed by atoms with E-state index in [1.165, 1.54) is 0 Å². The molecule has 2 rings (SSSR count). The number of rotatable bonds is 2. The maximum Gasteiger partial charge on any atom is 0.0769 e. The Labute approximate surface area is 117 Å². The Morgan fingerprint density at radius 1 is 0.944 bits per heavy atom. The van der Waals surface area contributed by atoms with Crippen LogP contribution in [-0.4, -0.2) is 6.54 Å². The molecule has 0 aliphatic heterocycles. The fourth-order valence-corrected chi connectivity index (χ4v) is 1.72. The molecule has 0 bridgehead atoms. The molecule has 2 aromatic rings. The van der Waals surface area contributed by atoms with E-state index in [1.54, 1.807) is 12.1 Å². The van der Waals surface area contributed by atoms with Gasteiger partial charge in [0.2, 0.25) is 0 Å². The van der Waals surface area contributed by atoms with E-state index < -0.39 is 0 Å². The maximum atomic E-state index is 5.91. The molecule has 0 saturated heterocycles. The normalized spacial score (nSPS) is 9.44. The van der Waals surface area contributed by atoms with Gasteiger partial charge in [-0.1, -0.05) is 53.2 Å². The van der Waals surface area contributed by atoms with E-state index in [0.29, 0.717) is 16.6 Å². The molecule has 1 N–H and O–H groups in total. The van der Waals surface area contributed by atoms with Crippen molar-refractivity contribution in [2.45, 2.75) is 0 Å². The van der Waals surface area contributed by atoms with E-state index in [-0.39, 0.29) is 0 Å². The Morgan fingerprint density at radius 2 is 1.72 bits per heavy atom. The van der Waals surface area contributed by atoms with Gasteiger partial charge in [0.25, 0.3) is 0 Å². The van der Waals surface area contributed by atoms with Gasteiger partial charge in [0.05, 0.1) is 16.6 Å². The first-order valence-corrected chi connectivity index (χ1v) is 6.24. The fraction of sp³-hybridized carbons (Fsp3) is 0.0667. The van der Waals surface area contributed by atoms with E-state index in [4.69, 9.17) is 23.2 Å². The molecule has 3 heteroatoms. The highest BCUT2D eigenvalue weighted by Crippen LogP contribution is 2.24. The molecule has 0 aliphatic rings. The molecule has 0 fully saturated rings. The Balaban J connectivity index is 1.93. The number of halogens is 2. The summed E-state index contributed by atoms with van der Waals surface area (Å²) in [5, 5.41) is 4.26. The summed E-state index contributed by atoms with van der Waals surface area (Å²) in [5.74, 6) is 6.12. The maximum absolute atomic E-state index is 5.91. The first kappa shape index (κ1) is 12.8. The molecule has 0 aliphatic carbocycles. The lowest BCUT2D eigenvalue weighted by atomic mass is 10.2. The number of hydrogen-bond acceptors (Lipinski definition) is 1. The summed E-state index contributed by atoms with van der Waals surface area (Å²) in [7, 11) is 0. The summed E-state index contributed by atoms with van der Waals surface area (Å²) in [6.07, 6.45) is 0. The standard InChI is InChI=1S/C15H11Cl2N/c16-14-9-8-13(11-15(14)17)18-10-4-7-12-5-2-1-3-6-12/h1-3,5-6,8-9,11,18H,10H2. The van der Waals surface area contributed by atoms with E-state index in [1.807, 2.05) is 36.4 Å². The van der Waals surface area contributed by atoms with E-state index >= 15 is 0 Å². The third-order valence-corrected chi connectivity index (χ3v) is 3.05. The average molecular weight is 276 g/mol. The predicted molar refractivity (Wildman–Crippen MR) is 78.3 cm³/mol. The van der Waals surface area contributed by atoms with Crippen molar-refractivity contribution in [3.8, 4) is 11.8 Å². The first-order valence-electron chi connectivity index (χ1n) is 5.48. The van der Waals surface area contributed by atoms with Gasteiger partial charge < -0.3 is 5.32 Å². The number of anilines is 1. The van der Waals surface area contributed by atoms with Crippen molar-refractivity contribution in [1.29, 1.82) is 0 Å². The Hall–Kier alpha value is -1.62. The van der Waals surface area contributed by atoms with Crippen LogP contribution in [0.4, 0.5) is 5.69 Å². The molecule has 0 radical (unpaired) electrons. The van der Waals surface area contributed by atoms with Crippen molar-refractivity contribution in [1.82, 2.24) is 0 Å². The monoisotopic (exact) mass is 275 g/mol. The summed E-state index contributed by atoms with van der Waals surface area (Å²) in [4.78, 5) is 0. The zero-order valence-electron chi connectivity index (χ0n) is 9.58. The third-order valence-electron chi connectivity index (χ3n) is 2.31. The summed E-state index contributed by atoms with van der Waals surface area (Å²) >= 11 is 11.7. The van der Waals surface area contributed by atoms with Crippen LogP contribution in [0, 0.1) is 11.8 Å². The van der Waals surface area contributed by atoms with Gasteiger partial charge in [0.1, 0.15) is 0 Å². The van der Waals surface area contributed by atoms with Crippen molar-refractivity contribution in [2.24, 2.45) is 0 Å². The molecule has 1 nitrogen and oxygen atoms in total. The molecule has 0 aromatic heterocycles. The molecular weight excluding hydrogens is 265 g/mol. The zero-order valence-corrected chi connectivity index (χ0v) is 11.1. The van der Waals surface area contributed by atoms with E-state index in [2.05, 4.69) is 17.2 Å². The minimum Gasteiger partial charge on any atom is -0.374 e. The van der Waals surface area contributed by atoms with Crippen molar-refractivity contribution < 1.29 is 0 Å². The van der Waals surface area contributed by atoms with Crippen LogP contribution >= 0.6 is 23.2 Å². The zero-order chi connectivity index (χ0) is 12.8. The van der Waals surface area contributed by atoms with E-state index in [0.717, 1.165) is 11.3 Å². The van der Waals surface area contributed by atoms with Crippen LogP contribution in [0.1, 0.15) is 5.56 Å². The second kappa shape index (κ2) is 6.35. The van der Waals surface area contributed by atoms with Crippen LogP contribution in [0.2, 0.25) is 10.0 Å². The summed E-state index contributed by atoms with van der Waals surface area (Å²) in [6.45, 7) is 0.562. The van der Waals surface area contributed by atoms with Crippen LogP contribution in [0.15, 0.2) is 48.5 Å². The molecule has 0 heterocycles. The van der Waals surface area contributed by atoms with Gasteiger partial charge in [0, 0.05) is 11.3 Å². The smallest absolute Gasteiger partial charge is 0.0769 e. The fourth-order valence-electron chi connectivity index (χ4n) is 1.42. The quantitative estimate of drug-likeness (QED) is 0.799. The third kappa shape index (κ3) is 3.70.